The van der Waals surface area contributed by atoms with Crippen LogP contribution in [0.3, 0.4) is 0 Å². The molecular formula is C25H27N3O8. The van der Waals surface area contributed by atoms with E-state index in [1.165, 1.54) is 0 Å². The lowest BCUT2D eigenvalue weighted by Crippen LogP contribution is -2.63. The van der Waals surface area contributed by atoms with Crippen molar-refractivity contribution in [2.45, 2.75) is 31.4 Å². The van der Waals surface area contributed by atoms with Gasteiger partial charge in [0.25, 0.3) is 0 Å². The minimum Gasteiger partial charge on any atom is -0.510 e. The first kappa shape index (κ1) is 24.0. The lowest BCUT2D eigenvalue weighted by molar-refractivity contribution is -0.148. The molecular weight excluding hydrogens is 470 g/mol. The van der Waals surface area contributed by atoms with Crippen molar-refractivity contribution in [2.24, 2.45) is 11.8 Å². The number of benzene rings is 1. The smallest absolute Gasteiger partial charge is 0.417 e. The monoisotopic (exact) mass is 497 g/mol. The molecule has 190 valence electrons. The van der Waals surface area contributed by atoms with Crippen molar-refractivity contribution in [1.82, 2.24) is 9.88 Å². The number of oxazole rings is 1. The molecule has 3 aliphatic rings. The van der Waals surface area contributed by atoms with Gasteiger partial charge in [0.2, 0.25) is 5.78 Å². The van der Waals surface area contributed by atoms with Crippen molar-refractivity contribution >= 4 is 34.1 Å². The van der Waals surface area contributed by atoms with Crippen LogP contribution in [0.2, 0.25) is 0 Å². The number of aliphatic hydroxyl groups excluding tert-OH is 2. The number of rotatable bonds is 3. The molecule has 3 aliphatic carbocycles. The molecule has 1 aromatic carbocycles. The summed E-state index contributed by atoms with van der Waals surface area (Å²) in [6.45, 7) is 1.09. The van der Waals surface area contributed by atoms with Gasteiger partial charge < -0.3 is 24.6 Å². The Bertz CT molecular complexity index is 1490. The number of ketones is 3. The van der Waals surface area contributed by atoms with Crippen LogP contribution in [0.15, 0.2) is 37.9 Å². The van der Waals surface area contributed by atoms with Gasteiger partial charge in [0.05, 0.1) is 17.1 Å². The zero-order valence-corrected chi connectivity index (χ0v) is 20.5. The van der Waals surface area contributed by atoms with E-state index in [0.717, 1.165) is 6.92 Å². The second kappa shape index (κ2) is 7.65. The quantitative estimate of drug-likeness (QED) is 0.450. The van der Waals surface area contributed by atoms with Crippen LogP contribution < -0.4 is 10.7 Å². The minimum atomic E-state index is -2.58. The first-order chi connectivity index (χ1) is 16.8. The zero-order valence-electron chi connectivity index (χ0n) is 20.5. The van der Waals surface area contributed by atoms with Crippen molar-refractivity contribution in [3.8, 4) is 0 Å². The fraction of sp³-hybridized carbons (Fsp3) is 0.440. The number of likely N-dealkylation sites (N-methyl/N-ethyl adjacent to an activating group) is 1. The molecule has 0 saturated carbocycles. The van der Waals surface area contributed by atoms with E-state index in [-0.39, 0.29) is 29.6 Å². The molecule has 0 amide bonds. The SMILES string of the molecule is CC(=O)C1=C(O)[C@@H](N(C)C)[C@@H]2C[C@@H]3Cc4c(N(C)C)cc5[nH]c(=O)oc5c4C(=O)C3=C(O)[C@]2(O)C1=O. The van der Waals surface area contributed by atoms with E-state index < -0.39 is 63.7 Å². The number of aromatic amines is 1. The van der Waals surface area contributed by atoms with E-state index in [2.05, 4.69) is 4.98 Å². The predicted molar refractivity (Wildman–Crippen MR) is 128 cm³/mol. The highest BCUT2D eigenvalue weighted by atomic mass is 16.4. The van der Waals surface area contributed by atoms with Gasteiger partial charge in [-0.3, -0.25) is 24.3 Å². The Morgan fingerprint density at radius 2 is 1.83 bits per heavy atom. The summed E-state index contributed by atoms with van der Waals surface area (Å²) in [4.78, 5) is 57.5. The van der Waals surface area contributed by atoms with Gasteiger partial charge in [-0.1, -0.05) is 0 Å². The number of carbonyl (C=O) groups is 3. The highest BCUT2D eigenvalue weighted by Crippen LogP contribution is 2.52. The summed E-state index contributed by atoms with van der Waals surface area (Å²) in [6, 6.07) is 0.755. The number of hydrogen-bond donors (Lipinski definition) is 4. The molecule has 1 aromatic heterocycles. The fourth-order valence-electron chi connectivity index (χ4n) is 6.21. The van der Waals surface area contributed by atoms with Crippen LogP contribution in [0.25, 0.3) is 11.1 Å². The normalized spacial score (nSPS) is 27.9. The van der Waals surface area contributed by atoms with Crippen LogP contribution in [0.4, 0.5) is 5.69 Å². The summed E-state index contributed by atoms with van der Waals surface area (Å²) in [5.74, 6) is -6.23. The van der Waals surface area contributed by atoms with E-state index in [1.54, 1.807) is 44.1 Å². The van der Waals surface area contributed by atoms with Gasteiger partial charge in [-0.15, -0.1) is 0 Å². The third-order valence-electron chi connectivity index (χ3n) is 7.70. The number of anilines is 1. The highest BCUT2D eigenvalue weighted by molar-refractivity contribution is 6.25. The second-order valence-corrected chi connectivity index (χ2v) is 10.2. The Hall–Kier alpha value is -3.70. The molecule has 2 aromatic rings. The molecule has 36 heavy (non-hydrogen) atoms. The van der Waals surface area contributed by atoms with E-state index >= 15 is 0 Å². The number of nitrogens with one attached hydrogen (secondary N) is 1. The molecule has 0 radical (unpaired) electrons. The molecule has 11 nitrogen and oxygen atoms in total. The lowest BCUT2D eigenvalue weighted by atomic mass is 9.58. The maximum atomic E-state index is 13.9. The minimum absolute atomic E-state index is 0.0292. The van der Waals surface area contributed by atoms with Crippen LogP contribution in [-0.2, 0) is 16.0 Å². The van der Waals surface area contributed by atoms with Crippen molar-refractivity contribution in [2.75, 3.05) is 33.1 Å². The highest BCUT2D eigenvalue weighted by Gasteiger charge is 2.63. The van der Waals surface area contributed by atoms with Gasteiger partial charge in [0.1, 0.15) is 17.1 Å². The van der Waals surface area contributed by atoms with Gasteiger partial charge in [0.15, 0.2) is 22.8 Å². The molecule has 11 heteroatoms. The summed E-state index contributed by atoms with van der Waals surface area (Å²) in [5, 5.41) is 34.0. The van der Waals surface area contributed by atoms with Crippen molar-refractivity contribution in [1.29, 1.82) is 0 Å². The van der Waals surface area contributed by atoms with E-state index in [4.69, 9.17) is 4.42 Å². The van der Waals surface area contributed by atoms with E-state index in [1.807, 2.05) is 0 Å². The summed E-state index contributed by atoms with van der Waals surface area (Å²) >= 11 is 0. The molecule has 4 N–H and O–H groups in total. The first-order valence-corrected chi connectivity index (χ1v) is 11.5. The number of carbonyl (C=O) groups excluding carboxylic acids is 3. The van der Waals surface area contributed by atoms with Crippen LogP contribution in [0, 0.1) is 11.8 Å². The number of hydrogen-bond acceptors (Lipinski definition) is 10. The second-order valence-electron chi connectivity index (χ2n) is 10.2. The summed E-state index contributed by atoms with van der Waals surface area (Å²) < 4.78 is 5.27. The molecule has 0 spiro atoms. The standard InChI is InChI=1S/C25H27N3O8/c1-9(29)15-20(31)18(28(4)5)12-7-10-6-11-14(27(2)3)8-13-21(36-24(34)26-13)17(11)19(30)16(10)23(33)25(12,35)22(15)32/h8,10,12,18,31,33,35H,6-7H2,1-5H3,(H,26,34)/t10-,12-,18-,25+/m0/s1. The molecule has 0 fully saturated rings. The van der Waals surface area contributed by atoms with Crippen molar-refractivity contribution < 1.29 is 34.1 Å². The van der Waals surface area contributed by atoms with Crippen LogP contribution in [-0.4, -0.2) is 82.4 Å². The Morgan fingerprint density at radius 3 is 2.42 bits per heavy atom. The van der Waals surface area contributed by atoms with Crippen LogP contribution in [0.5, 0.6) is 0 Å². The molecule has 0 aliphatic heterocycles. The number of nitrogens with zero attached hydrogens (tertiary/aromatic N) is 2. The fourth-order valence-corrected chi connectivity index (χ4v) is 6.21. The van der Waals surface area contributed by atoms with Gasteiger partial charge in [-0.25, -0.2) is 4.79 Å². The van der Waals surface area contributed by atoms with Gasteiger partial charge >= 0.3 is 5.76 Å². The number of Topliss-reactive ketones (excluding diaryl/α,β-unsaturated/α-hetero) is 3. The molecule has 1 heterocycles. The maximum Gasteiger partial charge on any atom is 0.417 e. The van der Waals surface area contributed by atoms with Gasteiger partial charge in [-0.2, -0.15) is 0 Å². The van der Waals surface area contributed by atoms with Crippen molar-refractivity contribution in [3.63, 3.8) is 0 Å². The third kappa shape index (κ3) is 2.93. The number of fused-ring (bicyclic) bond motifs is 5. The number of H-pyrrole nitrogens is 1. The Labute approximate surface area is 205 Å². The third-order valence-corrected chi connectivity index (χ3v) is 7.70. The Balaban J connectivity index is 1.79. The average Bonchev–Trinajstić information content (AvgIpc) is 3.14. The first-order valence-electron chi connectivity index (χ1n) is 11.5. The Kier molecular flexibility index (Phi) is 5.10. The number of aliphatic hydroxyl groups is 3. The van der Waals surface area contributed by atoms with Crippen LogP contribution >= 0.6 is 0 Å². The molecule has 0 bridgehead atoms. The average molecular weight is 498 g/mol. The summed E-state index contributed by atoms with van der Waals surface area (Å²) in [5.41, 5.74) is -1.65. The topological polar surface area (TPSA) is 164 Å². The molecule has 4 atom stereocenters. The van der Waals surface area contributed by atoms with Crippen molar-refractivity contribution in [3.05, 3.63) is 50.4 Å². The molecule has 0 unspecified atom stereocenters. The van der Waals surface area contributed by atoms with E-state index in [0.29, 0.717) is 16.8 Å². The summed E-state index contributed by atoms with van der Waals surface area (Å²) in [6.07, 6.45) is 0.330. The molecule has 5 rings (SSSR count). The summed E-state index contributed by atoms with van der Waals surface area (Å²) in [7, 11) is 6.84. The Morgan fingerprint density at radius 1 is 1.17 bits per heavy atom. The lowest BCUT2D eigenvalue weighted by Gasteiger charge is -2.50. The van der Waals surface area contributed by atoms with Gasteiger partial charge in [0, 0.05) is 31.3 Å². The van der Waals surface area contributed by atoms with E-state index in [9.17, 15) is 34.5 Å². The predicted octanol–water partition coefficient (Wildman–Crippen LogP) is 1.02. The largest absolute Gasteiger partial charge is 0.510 e. The number of allylic oxidation sites excluding steroid dienone is 1. The number of aromatic nitrogens is 1. The van der Waals surface area contributed by atoms with Gasteiger partial charge in [-0.05, 0) is 51.4 Å². The van der Waals surface area contributed by atoms with Crippen LogP contribution in [0.1, 0.15) is 29.3 Å². The molecule has 0 saturated heterocycles. The zero-order chi connectivity index (χ0) is 26.4. The maximum absolute atomic E-state index is 13.9.